The largest absolute Gasteiger partial charge is 0.381 e. The molecule has 0 aliphatic carbocycles. The van der Waals surface area contributed by atoms with Crippen molar-refractivity contribution in [3.8, 4) is 0 Å². The average molecular weight is 432 g/mol. The topological polar surface area (TPSA) is 57.3 Å². The van der Waals surface area contributed by atoms with Crippen molar-refractivity contribution in [2.45, 2.75) is 51.1 Å². The van der Waals surface area contributed by atoms with E-state index < -0.39 is 0 Å². The Morgan fingerprint density at radius 3 is 2.53 bits per heavy atom. The van der Waals surface area contributed by atoms with Crippen molar-refractivity contribution in [3.63, 3.8) is 0 Å². The number of aromatic nitrogens is 3. The van der Waals surface area contributed by atoms with Crippen LogP contribution in [-0.4, -0.2) is 70.4 Å². The summed E-state index contributed by atoms with van der Waals surface area (Å²) < 4.78 is 5.58. The summed E-state index contributed by atoms with van der Waals surface area (Å²) in [6.45, 7) is 11.7. The molecule has 0 bridgehead atoms. The molecule has 3 saturated heterocycles. The van der Waals surface area contributed by atoms with Gasteiger partial charge >= 0.3 is 0 Å². The van der Waals surface area contributed by atoms with Gasteiger partial charge in [0.1, 0.15) is 5.82 Å². The van der Waals surface area contributed by atoms with Crippen molar-refractivity contribution in [2.24, 2.45) is 5.41 Å². The zero-order valence-electron chi connectivity index (χ0n) is 18.1. The Bertz CT molecular complexity index is 814. The highest BCUT2D eigenvalue weighted by molar-refractivity contribution is 5.85. The van der Waals surface area contributed by atoms with Gasteiger partial charge in [-0.1, -0.05) is 44.2 Å². The van der Waals surface area contributed by atoms with Crippen LogP contribution in [0.4, 0.5) is 0 Å². The minimum atomic E-state index is 0. The maximum atomic E-state index is 5.58. The fourth-order valence-corrected chi connectivity index (χ4v) is 5.50. The summed E-state index contributed by atoms with van der Waals surface area (Å²) in [6.07, 6.45) is 2.35. The number of hydrogen-bond acceptors (Lipinski definition) is 5. The molecule has 3 fully saturated rings. The lowest BCUT2D eigenvalue weighted by atomic mass is 9.70. The molecule has 0 amide bonds. The maximum Gasteiger partial charge on any atom is 0.153 e. The van der Waals surface area contributed by atoms with Crippen molar-refractivity contribution in [1.29, 1.82) is 0 Å². The van der Waals surface area contributed by atoms with Crippen molar-refractivity contribution < 1.29 is 4.74 Å². The number of rotatable bonds is 5. The summed E-state index contributed by atoms with van der Waals surface area (Å²) in [4.78, 5) is 10.2. The van der Waals surface area contributed by atoms with Gasteiger partial charge < -0.3 is 4.74 Å². The van der Waals surface area contributed by atoms with E-state index in [1.165, 1.54) is 31.5 Å². The summed E-state index contributed by atoms with van der Waals surface area (Å²) in [6, 6.07) is 11.5. The first-order chi connectivity index (χ1) is 14.1. The normalized spacial score (nSPS) is 24.8. The zero-order valence-corrected chi connectivity index (χ0v) is 18.9. The molecule has 1 aromatic carbocycles. The van der Waals surface area contributed by atoms with Gasteiger partial charge in [0, 0.05) is 69.2 Å². The van der Waals surface area contributed by atoms with Crippen LogP contribution in [0.5, 0.6) is 0 Å². The highest BCUT2D eigenvalue weighted by Crippen LogP contribution is 2.50. The molecule has 4 heterocycles. The Morgan fingerprint density at radius 2 is 1.87 bits per heavy atom. The van der Waals surface area contributed by atoms with E-state index >= 15 is 0 Å². The second-order valence-electron chi connectivity index (χ2n) is 9.55. The van der Waals surface area contributed by atoms with E-state index in [0.29, 0.717) is 23.3 Å². The molecule has 1 aromatic heterocycles. The van der Waals surface area contributed by atoms with E-state index in [1.807, 2.05) is 0 Å². The van der Waals surface area contributed by atoms with Crippen LogP contribution in [0.25, 0.3) is 0 Å². The number of halogens is 1. The van der Waals surface area contributed by atoms with E-state index in [0.717, 1.165) is 44.5 Å². The smallest absolute Gasteiger partial charge is 0.153 e. The Kier molecular flexibility index (Phi) is 6.49. The molecular weight excluding hydrogens is 398 g/mol. The van der Waals surface area contributed by atoms with Crippen molar-refractivity contribution in [2.75, 3.05) is 39.4 Å². The molecule has 7 heteroatoms. The quantitative estimate of drug-likeness (QED) is 0.785. The summed E-state index contributed by atoms with van der Waals surface area (Å²) >= 11 is 0. The molecule has 1 N–H and O–H groups in total. The first kappa shape index (κ1) is 21.8. The van der Waals surface area contributed by atoms with Crippen molar-refractivity contribution in [1.82, 2.24) is 25.0 Å². The van der Waals surface area contributed by atoms with Gasteiger partial charge in [-0.05, 0) is 18.4 Å². The SMILES string of the molecule is CC(C)c1n[nH]c(C2CN(Cc3ccccc3)CC23CN(C2CCOCC2)C3)n1.Cl. The number of nitrogens with one attached hydrogen (secondary N) is 1. The summed E-state index contributed by atoms with van der Waals surface area (Å²) in [7, 11) is 0. The molecule has 1 spiro atoms. The van der Waals surface area contributed by atoms with Gasteiger partial charge in [-0.25, -0.2) is 4.98 Å². The van der Waals surface area contributed by atoms with Gasteiger partial charge in [0.2, 0.25) is 0 Å². The van der Waals surface area contributed by atoms with Gasteiger partial charge in [-0.15, -0.1) is 12.4 Å². The molecule has 3 aliphatic heterocycles. The number of benzene rings is 1. The molecule has 30 heavy (non-hydrogen) atoms. The molecule has 1 unspecified atom stereocenters. The van der Waals surface area contributed by atoms with Gasteiger partial charge in [0.15, 0.2) is 5.82 Å². The number of H-pyrrole nitrogens is 1. The van der Waals surface area contributed by atoms with Crippen molar-refractivity contribution in [3.05, 3.63) is 47.5 Å². The third-order valence-electron chi connectivity index (χ3n) is 7.08. The number of hydrogen-bond donors (Lipinski definition) is 1. The summed E-state index contributed by atoms with van der Waals surface area (Å²) in [5.41, 5.74) is 1.69. The van der Waals surface area contributed by atoms with Crippen LogP contribution in [0.3, 0.4) is 0 Å². The Hall–Kier alpha value is -1.47. The highest BCUT2D eigenvalue weighted by Gasteiger charge is 2.56. The first-order valence-corrected chi connectivity index (χ1v) is 11.1. The summed E-state index contributed by atoms with van der Waals surface area (Å²) in [5, 5.41) is 7.82. The van der Waals surface area contributed by atoms with Crippen LogP contribution < -0.4 is 0 Å². The van der Waals surface area contributed by atoms with E-state index in [-0.39, 0.29) is 12.4 Å². The van der Waals surface area contributed by atoms with Gasteiger partial charge in [-0.3, -0.25) is 14.9 Å². The number of likely N-dealkylation sites (tertiary alicyclic amines) is 2. The minimum Gasteiger partial charge on any atom is -0.381 e. The lowest BCUT2D eigenvalue weighted by molar-refractivity contribution is -0.0670. The number of ether oxygens (including phenoxy) is 1. The number of nitrogens with zero attached hydrogens (tertiary/aromatic N) is 4. The van der Waals surface area contributed by atoms with Gasteiger partial charge in [-0.2, -0.15) is 5.10 Å². The monoisotopic (exact) mass is 431 g/mol. The standard InChI is InChI=1S/C23H33N5O.ClH/c1-17(2)21-24-22(26-25-21)20-13-27(12-18-6-4-3-5-7-18)14-23(20)15-28(16-23)19-8-10-29-11-9-19;/h3-7,17,19-20H,8-16H2,1-2H3,(H,24,25,26);1H. The molecular formula is C23H34ClN5O. The van der Waals surface area contributed by atoms with Crippen LogP contribution in [-0.2, 0) is 11.3 Å². The van der Waals surface area contributed by atoms with Crippen molar-refractivity contribution >= 4 is 12.4 Å². The predicted molar refractivity (Wildman–Crippen MR) is 120 cm³/mol. The zero-order chi connectivity index (χ0) is 19.8. The minimum absolute atomic E-state index is 0. The lowest BCUT2D eigenvalue weighted by Crippen LogP contribution is -2.63. The molecule has 1 atom stereocenters. The van der Waals surface area contributed by atoms with E-state index in [1.54, 1.807) is 0 Å². The van der Waals surface area contributed by atoms with E-state index in [4.69, 9.17) is 9.72 Å². The first-order valence-electron chi connectivity index (χ1n) is 11.1. The predicted octanol–water partition coefficient (Wildman–Crippen LogP) is 3.43. The Morgan fingerprint density at radius 1 is 1.13 bits per heavy atom. The molecule has 0 radical (unpaired) electrons. The molecule has 3 aliphatic rings. The van der Waals surface area contributed by atoms with E-state index in [9.17, 15) is 0 Å². The van der Waals surface area contributed by atoms with Crippen LogP contribution in [0, 0.1) is 5.41 Å². The third-order valence-corrected chi connectivity index (χ3v) is 7.08. The highest BCUT2D eigenvalue weighted by atomic mass is 35.5. The second kappa shape index (κ2) is 8.95. The van der Waals surface area contributed by atoms with E-state index in [2.05, 4.69) is 64.2 Å². The summed E-state index contributed by atoms with van der Waals surface area (Å²) in [5.74, 6) is 2.83. The Balaban J connectivity index is 0.00000218. The Labute approximate surface area is 185 Å². The lowest BCUT2D eigenvalue weighted by Gasteiger charge is -2.54. The fraction of sp³-hybridized carbons (Fsp3) is 0.652. The van der Waals surface area contributed by atoms with Crippen LogP contribution >= 0.6 is 12.4 Å². The molecule has 2 aromatic rings. The molecule has 0 saturated carbocycles. The second-order valence-corrected chi connectivity index (χ2v) is 9.55. The third kappa shape index (κ3) is 4.15. The molecule has 164 valence electrons. The molecule has 6 nitrogen and oxygen atoms in total. The fourth-order valence-electron chi connectivity index (χ4n) is 5.50. The van der Waals surface area contributed by atoms with Crippen LogP contribution in [0.15, 0.2) is 30.3 Å². The number of aromatic amines is 1. The van der Waals surface area contributed by atoms with Crippen LogP contribution in [0.2, 0.25) is 0 Å². The molecule has 5 rings (SSSR count). The average Bonchev–Trinajstić information content (AvgIpc) is 3.33. The van der Waals surface area contributed by atoms with Gasteiger partial charge in [0.05, 0.1) is 0 Å². The maximum absolute atomic E-state index is 5.58. The van der Waals surface area contributed by atoms with Crippen LogP contribution in [0.1, 0.15) is 55.7 Å². The van der Waals surface area contributed by atoms with Gasteiger partial charge in [0.25, 0.3) is 0 Å².